The van der Waals surface area contributed by atoms with Gasteiger partial charge in [0, 0.05) is 12.6 Å². The minimum atomic E-state index is 0.753. The van der Waals surface area contributed by atoms with E-state index in [2.05, 4.69) is 42.6 Å². The lowest BCUT2D eigenvalue weighted by Crippen LogP contribution is -2.32. The zero-order valence-electron chi connectivity index (χ0n) is 10.3. The Morgan fingerprint density at radius 1 is 1.06 bits per heavy atom. The van der Waals surface area contributed by atoms with Crippen molar-refractivity contribution in [1.29, 1.82) is 0 Å². The Balaban J connectivity index is 1.72. The van der Waals surface area contributed by atoms with Crippen LogP contribution < -0.4 is 5.32 Å². The molecule has 0 radical (unpaired) electrons. The van der Waals surface area contributed by atoms with Crippen LogP contribution >= 0.6 is 0 Å². The summed E-state index contributed by atoms with van der Waals surface area (Å²) in [5.41, 5.74) is 1.40. The highest BCUT2D eigenvalue weighted by Crippen LogP contribution is 2.26. The molecule has 0 bridgehead atoms. The van der Waals surface area contributed by atoms with Gasteiger partial charge < -0.3 is 5.32 Å². The second-order valence-electron chi connectivity index (χ2n) is 4.99. The van der Waals surface area contributed by atoms with Crippen LogP contribution in [-0.4, -0.2) is 6.04 Å². The molecule has 1 aliphatic carbocycles. The van der Waals surface area contributed by atoms with Crippen LogP contribution in [0.25, 0.3) is 0 Å². The van der Waals surface area contributed by atoms with Gasteiger partial charge in [-0.25, -0.2) is 0 Å². The van der Waals surface area contributed by atoms with E-state index in [0.717, 1.165) is 18.5 Å². The summed E-state index contributed by atoms with van der Waals surface area (Å²) in [4.78, 5) is 0. The molecule has 0 saturated heterocycles. The third-order valence-electron chi connectivity index (χ3n) is 3.86. The molecule has 0 heterocycles. The number of rotatable bonds is 4. The van der Waals surface area contributed by atoms with Crippen LogP contribution in [0.2, 0.25) is 0 Å². The lowest BCUT2D eigenvalue weighted by atomic mass is 9.84. The van der Waals surface area contributed by atoms with E-state index in [1.54, 1.807) is 0 Å². The van der Waals surface area contributed by atoms with Crippen molar-refractivity contribution in [2.24, 2.45) is 5.92 Å². The van der Waals surface area contributed by atoms with Gasteiger partial charge >= 0.3 is 0 Å². The van der Waals surface area contributed by atoms with Gasteiger partial charge in [-0.3, -0.25) is 0 Å². The van der Waals surface area contributed by atoms with E-state index >= 15 is 0 Å². The molecule has 1 aromatic rings. The number of hydrogen-bond acceptors (Lipinski definition) is 1. The molecule has 2 rings (SSSR count). The third-order valence-corrected chi connectivity index (χ3v) is 3.86. The monoisotopic (exact) mass is 217 g/mol. The minimum Gasteiger partial charge on any atom is -0.310 e. The summed E-state index contributed by atoms with van der Waals surface area (Å²) in [5, 5.41) is 3.68. The molecule has 0 aliphatic heterocycles. The maximum atomic E-state index is 3.68. The number of nitrogens with one attached hydrogen (secondary N) is 1. The Hall–Kier alpha value is -0.820. The lowest BCUT2D eigenvalue weighted by Gasteiger charge is -2.28. The van der Waals surface area contributed by atoms with Gasteiger partial charge in [0.2, 0.25) is 0 Å². The molecule has 1 aliphatic rings. The summed E-state index contributed by atoms with van der Waals surface area (Å²) in [5.74, 6) is 0.995. The highest BCUT2D eigenvalue weighted by molar-refractivity contribution is 5.14. The van der Waals surface area contributed by atoms with Crippen molar-refractivity contribution in [3.05, 3.63) is 35.9 Å². The van der Waals surface area contributed by atoms with Crippen LogP contribution in [0.4, 0.5) is 0 Å². The molecule has 1 saturated carbocycles. The summed E-state index contributed by atoms with van der Waals surface area (Å²) >= 11 is 0. The van der Waals surface area contributed by atoms with Crippen molar-refractivity contribution in [2.75, 3.05) is 0 Å². The van der Waals surface area contributed by atoms with E-state index in [1.165, 1.54) is 37.7 Å². The fourth-order valence-electron chi connectivity index (χ4n) is 2.63. The molecule has 1 nitrogen and oxygen atoms in total. The van der Waals surface area contributed by atoms with Gasteiger partial charge in [0.1, 0.15) is 0 Å². The summed E-state index contributed by atoms with van der Waals surface area (Å²) in [6.45, 7) is 3.35. The number of hydrogen-bond donors (Lipinski definition) is 1. The Morgan fingerprint density at radius 3 is 2.38 bits per heavy atom. The van der Waals surface area contributed by atoms with E-state index in [0.29, 0.717) is 0 Å². The van der Waals surface area contributed by atoms with Crippen molar-refractivity contribution in [1.82, 2.24) is 5.32 Å². The molecule has 16 heavy (non-hydrogen) atoms. The van der Waals surface area contributed by atoms with Crippen LogP contribution in [0.1, 0.15) is 44.6 Å². The van der Waals surface area contributed by atoms with Gasteiger partial charge in [0.05, 0.1) is 0 Å². The molecule has 0 spiro atoms. The third kappa shape index (κ3) is 3.34. The van der Waals surface area contributed by atoms with E-state index < -0.39 is 0 Å². The van der Waals surface area contributed by atoms with Crippen molar-refractivity contribution in [2.45, 2.75) is 51.6 Å². The van der Waals surface area contributed by atoms with Crippen LogP contribution in [0.15, 0.2) is 30.3 Å². The zero-order chi connectivity index (χ0) is 11.2. The molecule has 0 unspecified atom stereocenters. The van der Waals surface area contributed by atoms with Crippen LogP contribution in [-0.2, 0) is 6.54 Å². The Kier molecular flexibility index (Phi) is 4.41. The maximum Gasteiger partial charge on any atom is 0.0208 e. The SMILES string of the molecule is CC[C@H]1CC[C@@H](NCc2ccccc2)CC1. The highest BCUT2D eigenvalue weighted by atomic mass is 14.9. The molecule has 1 aromatic carbocycles. The Bertz CT molecular complexity index is 286. The molecule has 0 amide bonds. The Morgan fingerprint density at radius 2 is 1.75 bits per heavy atom. The predicted molar refractivity (Wildman–Crippen MR) is 69.3 cm³/mol. The van der Waals surface area contributed by atoms with Gasteiger partial charge in [-0.2, -0.15) is 0 Å². The van der Waals surface area contributed by atoms with Crippen molar-refractivity contribution in [3.63, 3.8) is 0 Å². The zero-order valence-corrected chi connectivity index (χ0v) is 10.3. The fourth-order valence-corrected chi connectivity index (χ4v) is 2.63. The normalized spacial score (nSPS) is 25.6. The molecule has 88 valence electrons. The minimum absolute atomic E-state index is 0.753. The average Bonchev–Trinajstić information content (AvgIpc) is 2.38. The predicted octanol–water partition coefficient (Wildman–Crippen LogP) is 3.75. The maximum absolute atomic E-state index is 3.68. The molecule has 1 heteroatoms. The summed E-state index contributed by atoms with van der Waals surface area (Å²) in [6, 6.07) is 11.5. The van der Waals surface area contributed by atoms with E-state index in [9.17, 15) is 0 Å². The summed E-state index contributed by atoms with van der Waals surface area (Å²) in [6.07, 6.45) is 6.94. The van der Waals surface area contributed by atoms with Gasteiger partial charge in [-0.15, -0.1) is 0 Å². The highest BCUT2D eigenvalue weighted by Gasteiger charge is 2.18. The van der Waals surface area contributed by atoms with Crippen LogP contribution in [0.5, 0.6) is 0 Å². The molecule has 0 aromatic heterocycles. The van der Waals surface area contributed by atoms with Gasteiger partial charge in [-0.1, -0.05) is 43.7 Å². The first kappa shape index (κ1) is 11.7. The summed E-state index contributed by atoms with van der Waals surface area (Å²) in [7, 11) is 0. The largest absolute Gasteiger partial charge is 0.310 e. The first-order valence-electron chi connectivity index (χ1n) is 6.65. The molecule has 0 atom stereocenters. The molecular formula is C15H23N. The second-order valence-corrected chi connectivity index (χ2v) is 4.99. The van der Waals surface area contributed by atoms with Crippen LogP contribution in [0.3, 0.4) is 0 Å². The first-order valence-corrected chi connectivity index (χ1v) is 6.65. The van der Waals surface area contributed by atoms with Gasteiger partial charge in [0.15, 0.2) is 0 Å². The van der Waals surface area contributed by atoms with Gasteiger partial charge in [0.25, 0.3) is 0 Å². The van der Waals surface area contributed by atoms with Crippen molar-refractivity contribution < 1.29 is 0 Å². The molecule has 1 fully saturated rings. The smallest absolute Gasteiger partial charge is 0.0208 e. The molecule has 1 N–H and O–H groups in total. The van der Waals surface area contributed by atoms with E-state index in [-0.39, 0.29) is 0 Å². The standard InChI is InChI=1S/C15H23N/c1-2-13-8-10-15(11-9-13)16-12-14-6-4-3-5-7-14/h3-7,13,15-16H,2,8-12H2,1H3/t13-,15+. The molecular weight excluding hydrogens is 194 g/mol. The lowest BCUT2D eigenvalue weighted by molar-refractivity contribution is 0.285. The first-order chi connectivity index (χ1) is 7.88. The summed E-state index contributed by atoms with van der Waals surface area (Å²) < 4.78 is 0. The van der Waals surface area contributed by atoms with E-state index in [4.69, 9.17) is 0 Å². The average molecular weight is 217 g/mol. The quantitative estimate of drug-likeness (QED) is 0.810. The van der Waals surface area contributed by atoms with Crippen molar-refractivity contribution in [3.8, 4) is 0 Å². The Labute approximate surface area is 99.3 Å². The fraction of sp³-hybridized carbons (Fsp3) is 0.600. The van der Waals surface area contributed by atoms with Gasteiger partial charge in [-0.05, 0) is 37.2 Å². The topological polar surface area (TPSA) is 12.0 Å². The van der Waals surface area contributed by atoms with E-state index in [1.807, 2.05) is 0 Å². The van der Waals surface area contributed by atoms with Crippen molar-refractivity contribution >= 4 is 0 Å². The second kappa shape index (κ2) is 6.05. The number of benzene rings is 1. The van der Waals surface area contributed by atoms with Crippen LogP contribution in [0, 0.1) is 5.92 Å².